The Bertz CT molecular complexity index is 3760. The van der Waals surface area contributed by atoms with Crippen LogP contribution in [0.3, 0.4) is 0 Å². The highest BCUT2D eigenvalue weighted by Crippen LogP contribution is 2.62. The van der Waals surface area contributed by atoms with Crippen LogP contribution in [0.25, 0.3) is 44.5 Å². The molecule has 71 heavy (non-hydrogen) atoms. The van der Waals surface area contributed by atoms with Crippen molar-refractivity contribution in [3.8, 4) is 67.5 Å². The maximum absolute atomic E-state index is 6.81. The zero-order valence-electron chi connectivity index (χ0n) is 38.6. The molecule has 0 atom stereocenters. The molecule has 14 rings (SSSR count). The van der Waals surface area contributed by atoms with E-state index in [1.165, 1.54) is 44.5 Å². The smallest absolute Gasteiger partial charge is 0.163 e. The van der Waals surface area contributed by atoms with E-state index >= 15 is 0 Å². The Morgan fingerprint density at radius 1 is 0.310 bits per heavy atom. The van der Waals surface area contributed by atoms with Crippen LogP contribution in [0.5, 0.6) is 23.0 Å². The Morgan fingerprint density at radius 2 is 0.803 bits per heavy atom. The number of para-hydroxylation sites is 4. The average molecular weight is 909 g/mol. The van der Waals surface area contributed by atoms with Gasteiger partial charge in [0.05, 0.1) is 16.8 Å². The molecule has 4 nitrogen and oxygen atoms in total. The molecule has 3 aliphatic rings. The zero-order valence-corrected chi connectivity index (χ0v) is 38.6. The topological polar surface area (TPSA) is 24.9 Å². The molecule has 0 N–H and O–H groups in total. The first-order valence-corrected chi connectivity index (χ1v) is 24.2. The van der Waals surface area contributed by atoms with Gasteiger partial charge in [-0.3, -0.25) is 4.90 Å². The second kappa shape index (κ2) is 16.4. The van der Waals surface area contributed by atoms with Gasteiger partial charge >= 0.3 is 0 Å². The lowest BCUT2D eigenvalue weighted by molar-refractivity contribution is 0.447. The fourth-order valence-corrected chi connectivity index (χ4v) is 11.4. The third-order valence-electron chi connectivity index (χ3n) is 14.5. The normalized spacial score (nSPS) is 13.1. The monoisotopic (exact) mass is 908 g/mol. The highest BCUT2D eigenvalue weighted by Gasteiger charge is 2.46. The summed E-state index contributed by atoms with van der Waals surface area (Å²) in [5.41, 5.74) is 19.8. The Balaban J connectivity index is 0.882. The molecule has 0 amide bonds. The molecular weight excluding hydrogens is 865 g/mol. The third-order valence-corrected chi connectivity index (χ3v) is 14.5. The standard InChI is InChI=1S/C67H44N2O2/c1-4-17-45(18-5-1)46-31-35-52(36-32-46)68(54-39-40-57-56-25-10-11-26-58(56)67(59(57)44-54,50-21-6-2-7-22-50)51-23-8-3-9-24-51)53-37-33-47(34-38-53)48-19-16-20-49(43-48)55-41-42-64-65-66(55)71-63-30-15-13-28-61(63)69(65)60-27-12-14-29-62(60)70-64/h1-44H. The van der Waals surface area contributed by atoms with Gasteiger partial charge in [0.25, 0.3) is 0 Å². The number of rotatable bonds is 8. The van der Waals surface area contributed by atoms with Crippen molar-refractivity contribution >= 4 is 34.1 Å². The van der Waals surface area contributed by atoms with Crippen molar-refractivity contribution in [1.82, 2.24) is 0 Å². The van der Waals surface area contributed by atoms with E-state index in [9.17, 15) is 0 Å². The predicted molar refractivity (Wildman–Crippen MR) is 290 cm³/mol. The fraction of sp³-hybridized carbons (Fsp3) is 0.0149. The van der Waals surface area contributed by atoms with E-state index in [1.54, 1.807) is 0 Å². The Hall–Kier alpha value is -9.38. The maximum Gasteiger partial charge on any atom is 0.163 e. The first-order chi connectivity index (χ1) is 35.2. The molecule has 2 heterocycles. The minimum Gasteiger partial charge on any atom is -0.453 e. The van der Waals surface area contributed by atoms with E-state index in [0.29, 0.717) is 0 Å². The SMILES string of the molecule is c1ccc(-c2ccc(N(c3ccc(-c4cccc(-c5ccc6c7c5Oc5ccccc5N7c5ccccc5O6)c4)cc3)c3ccc4c(c3)C(c3ccccc3)(c3ccccc3)c3ccccc3-4)cc2)cc1. The fourth-order valence-electron chi connectivity index (χ4n) is 11.4. The molecule has 1 aliphatic carbocycles. The van der Waals surface area contributed by atoms with Gasteiger partial charge in [-0.25, -0.2) is 0 Å². The number of nitrogens with zero attached hydrogens (tertiary/aromatic N) is 2. The molecule has 0 saturated carbocycles. The molecular formula is C67H44N2O2. The summed E-state index contributed by atoms with van der Waals surface area (Å²) in [7, 11) is 0. The Labute approximate surface area is 413 Å². The minimum atomic E-state index is -0.525. The van der Waals surface area contributed by atoms with Crippen LogP contribution in [0, 0.1) is 0 Å². The molecule has 0 unspecified atom stereocenters. The number of hydrogen-bond donors (Lipinski definition) is 0. The van der Waals surface area contributed by atoms with Gasteiger partial charge in [-0.2, -0.15) is 0 Å². The summed E-state index contributed by atoms with van der Waals surface area (Å²) in [6.45, 7) is 0. The van der Waals surface area contributed by atoms with E-state index < -0.39 is 5.41 Å². The lowest BCUT2D eigenvalue weighted by atomic mass is 9.67. The van der Waals surface area contributed by atoms with Gasteiger partial charge in [0.15, 0.2) is 23.0 Å². The number of anilines is 6. The van der Waals surface area contributed by atoms with Gasteiger partial charge in [-0.05, 0) is 140 Å². The van der Waals surface area contributed by atoms with Gasteiger partial charge in [-0.1, -0.05) is 188 Å². The largest absolute Gasteiger partial charge is 0.453 e. The van der Waals surface area contributed by atoms with Crippen LogP contribution in [0.4, 0.5) is 34.1 Å². The van der Waals surface area contributed by atoms with Crippen LogP contribution in [0.15, 0.2) is 267 Å². The minimum absolute atomic E-state index is 0.525. The molecule has 334 valence electrons. The predicted octanol–water partition coefficient (Wildman–Crippen LogP) is 18.2. The van der Waals surface area contributed by atoms with Crippen molar-refractivity contribution in [3.63, 3.8) is 0 Å². The van der Waals surface area contributed by atoms with Gasteiger partial charge in [0, 0.05) is 22.6 Å². The van der Waals surface area contributed by atoms with E-state index in [2.05, 4.69) is 252 Å². The van der Waals surface area contributed by atoms with Crippen LogP contribution < -0.4 is 19.3 Å². The average Bonchev–Trinajstić information content (AvgIpc) is 3.74. The van der Waals surface area contributed by atoms with Crippen molar-refractivity contribution in [2.75, 3.05) is 9.80 Å². The third kappa shape index (κ3) is 6.46. The molecule has 11 aromatic rings. The van der Waals surface area contributed by atoms with Crippen LogP contribution in [-0.2, 0) is 5.41 Å². The van der Waals surface area contributed by atoms with E-state index in [-0.39, 0.29) is 0 Å². The quantitative estimate of drug-likeness (QED) is 0.152. The van der Waals surface area contributed by atoms with Crippen molar-refractivity contribution in [1.29, 1.82) is 0 Å². The summed E-state index contributed by atoms with van der Waals surface area (Å²) in [5, 5.41) is 0. The van der Waals surface area contributed by atoms with Gasteiger partial charge in [-0.15, -0.1) is 0 Å². The first kappa shape index (κ1) is 40.7. The molecule has 0 spiro atoms. The zero-order chi connectivity index (χ0) is 46.9. The summed E-state index contributed by atoms with van der Waals surface area (Å²) in [6, 6.07) is 96.0. The highest BCUT2D eigenvalue weighted by molar-refractivity contribution is 5.98. The van der Waals surface area contributed by atoms with Crippen molar-refractivity contribution in [3.05, 3.63) is 289 Å². The lowest BCUT2D eigenvalue weighted by Gasteiger charge is -2.38. The maximum atomic E-state index is 6.81. The molecule has 0 aromatic heterocycles. The molecule has 4 heteroatoms. The molecule has 2 aliphatic heterocycles. The number of ether oxygens (including phenoxy) is 2. The van der Waals surface area contributed by atoms with Crippen molar-refractivity contribution < 1.29 is 9.47 Å². The Kier molecular flexibility index (Phi) is 9.39. The molecule has 0 bridgehead atoms. The summed E-state index contributed by atoms with van der Waals surface area (Å²) in [6.07, 6.45) is 0. The summed E-state index contributed by atoms with van der Waals surface area (Å²) >= 11 is 0. The molecule has 0 saturated heterocycles. The van der Waals surface area contributed by atoms with Gasteiger partial charge in [0.2, 0.25) is 0 Å². The summed E-state index contributed by atoms with van der Waals surface area (Å²) < 4.78 is 13.3. The number of benzene rings is 11. The first-order valence-electron chi connectivity index (χ1n) is 24.2. The summed E-state index contributed by atoms with van der Waals surface area (Å²) in [5.74, 6) is 3.16. The van der Waals surface area contributed by atoms with Crippen LogP contribution in [0.1, 0.15) is 22.3 Å². The summed E-state index contributed by atoms with van der Waals surface area (Å²) in [4.78, 5) is 4.68. The molecule has 0 fully saturated rings. The Morgan fingerprint density at radius 3 is 1.48 bits per heavy atom. The second-order valence-corrected chi connectivity index (χ2v) is 18.4. The van der Waals surface area contributed by atoms with Crippen molar-refractivity contribution in [2.24, 2.45) is 0 Å². The van der Waals surface area contributed by atoms with Crippen molar-refractivity contribution in [2.45, 2.75) is 5.41 Å². The molecule has 0 radical (unpaired) electrons. The van der Waals surface area contributed by atoms with E-state index in [0.717, 1.165) is 79.4 Å². The van der Waals surface area contributed by atoms with E-state index in [1.807, 2.05) is 24.3 Å². The van der Waals surface area contributed by atoms with Crippen LogP contribution in [-0.4, -0.2) is 0 Å². The van der Waals surface area contributed by atoms with Crippen LogP contribution >= 0.6 is 0 Å². The number of hydrogen-bond acceptors (Lipinski definition) is 4. The van der Waals surface area contributed by atoms with E-state index in [4.69, 9.17) is 9.47 Å². The lowest BCUT2D eigenvalue weighted by Crippen LogP contribution is -2.28. The molecule has 11 aromatic carbocycles. The highest BCUT2D eigenvalue weighted by atomic mass is 16.5. The van der Waals surface area contributed by atoms with Crippen LogP contribution in [0.2, 0.25) is 0 Å². The number of fused-ring (bicyclic) bond motifs is 7. The van der Waals surface area contributed by atoms with Gasteiger partial charge in [0.1, 0.15) is 5.69 Å². The second-order valence-electron chi connectivity index (χ2n) is 18.4. The van der Waals surface area contributed by atoms with Gasteiger partial charge < -0.3 is 14.4 Å².